The van der Waals surface area contributed by atoms with Crippen LogP contribution in [0.25, 0.3) is 0 Å². The molecule has 1 atom stereocenters. The van der Waals surface area contributed by atoms with Crippen LogP contribution < -0.4 is 5.32 Å². The quantitative estimate of drug-likeness (QED) is 0.863. The van der Waals surface area contributed by atoms with Crippen LogP contribution in [0.4, 0.5) is 0 Å². The van der Waals surface area contributed by atoms with Gasteiger partial charge in [-0.25, -0.2) is 0 Å². The van der Waals surface area contributed by atoms with Gasteiger partial charge in [-0.15, -0.1) is 12.4 Å². The molecule has 0 aliphatic heterocycles. The van der Waals surface area contributed by atoms with E-state index < -0.39 is 0 Å². The van der Waals surface area contributed by atoms with E-state index in [1.54, 1.807) is 0 Å². The highest BCUT2D eigenvalue weighted by molar-refractivity contribution is 5.85. The highest BCUT2D eigenvalue weighted by Crippen LogP contribution is 2.11. The maximum Gasteiger partial charge on any atom is 0.0294 e. The second kappa shape index (κ2) is 7.10. The summed E-state index contributed by atoms with van der Waals surface area (Å²) in [6.45, 7) is 3.11. The first kappa shape index (κ1) is 13.8. The molecule has 1 nitrogen and oxygen atoms in total. The van der Waals surface area contributed by atoms with Gasteiger partial charge in [0.15, 0.2) is 0 Å². The fourth-order valence-corrected chi connectivity index (χ4v) is 1.73. The molecule has 17 heavy (non-hydrogen) atoms. The van der Waals surface area contributed by atoms with E-state index in [1.165, 1.54) is 11.1 Å². The molecule has 0 aliphatic rings. The van der Waals surface area contributed by atoms with Crippen molar-refractivity contribution in [1.82, 2.24) is 5.32 Å². The maximum absolute atomic E-state index is 3.52. The van der Waals surface area contributed by atoms with Gasteiger partial charge in [0, 0.05) is 12.6 Å². The molecule has 0 saturated carbocycles. The molecule has 0 radical (unpaired) electrons. The monoisotopic (exact) mass is 247 g/mol. The van der Waals surface area contributed by atoms with E-state index in [4.69, 9.17) is 0 Å². The maximum atomic E-state index is 3.52. The van der Waals surface area contributed by atoms with E-state index in [0.29, 0.717) is 6.04 Å². The van der Waals surface area contributed by atoms with E-state index in [2.05, 4.69) is 60.8 Å². The highest BCUT2D eigenvalue weighted by atomic mass is 35.5. The lowest BCUT2D eigenvalue weighted by atomic mass is 10.1. The summed E-state index contributed by atoms with van der Waals surface area (Å²) in [4.78, 5) is 0. The Morgan fingerprint density at radius 1 is 0.882 bits per heavy atom. The first-order chi connectivity index (χ1) is 7.86. The average Bonchev–Trinajstić information content (AvgIpc) is 2.38. The van der Waals surface area contributed by atoms with Crippen molar-refractivity contribution < 1.29 is 0 Å². The molecule has 0 amide bonds. The van der Waals surface area contributed by atoms with Crippen molar-refractivity contribution in [3.63, 3.8) is 0 Å². The molecule has 0 spiro atoms. The van der Waals surface area contributed by atoms with Crippen LogP contribution in [0.5, 0.6) is 0 Å². The lowest BCUT2D eigenvalue weighted by molar-refractivity contribution is 0.575. The van der Waals surface area contributed by atoms with Crippen LogP contribution in [0.1, 0.15) is 24.1 Å². The van der Waals surface area contributed by atoms with Gasteiger partial charge in [-0.05, 0) is 18.1 Å². The minimum absolute atomic E-state index is 0. The van der Waals surface area contributed by atoms with Gasteiger partial charge in [0.05, 0.1) is 0 Å². The molecule has 90 valence electrons. The lowest BCUT2D eigenvalue weighted by Crippen LogP contribution is -2.17. The van der Waals surface area contributed by atoms with Gasteiger partial charge in [-0.2, -0.15) is 0 Å². The molecule has 2 aromatic carbocycles. The molecule has 0 heterocycles. The second-order valence-corrected chi connectivity index (χ2v) is 4.00. The van der Waals surface area contributed by atoms with Crippen molar-refractivity contribution in [2.24, 2.45) is 0 Å². The summed E-state index contributed by atoms with van der Waals surface area (Å²) in [5.41, 5.74) is 2.66. The van der Waals surface area contributed by atoms with Crippen LogP contribution in [-0.4, -0.2) is 0 Å². The molecular formula is C15H18ClN. The summed E-state index contributed by atoms with van der Waals surface area (Å²) in [5, 5.41) is 3.52. The Morgan fingerprint density at radius 2 is 1.41 bits per heavy atom. The van der Waals surface area contributed by atoms with Gasteiger partial charge in [-0.3, -0.25) is 0 Å². The van der Waals surface area contributed by atoms with Gasteiger partial charge in [0.25, 0.3) is 0 Å². The van der Waals surface area contributed by atoms with Crippen LogP contribution in [0.2, 0.25) is 0 Å². The average molecular weight is 248 g/mol. The number of nitrogens with one attached hydrogen (secondary N) is 1. The van der Waals surface area contributed by atoms with Crippen molar-refractivity contribution in [2.45, 2.75) is 19.5 Å². The fourth-order valence-electron chi connectivity index (χ4n) is 1.73. The first-order valence-electron chi connectivity index (χ1n) is 5.68. The summed E-state index contributed by atoms with van der Waals surface area (Å²) in [6, 6.07) is 21.4. The molecular weight excluding hydrogens is 230 g/mol. The molecule has 0 saturated heterocycles. The Kier molecular flexibility index (Phi) is 5.75. The topological polar surface area (TPSA) is 12.0 Å². The predicted octanol–water partition coefficient (Wildman–Crippen LogP) is 3.96. The summed E-state index contributed by atoms with van der Waals surface area (Å²) in [5.74, 6) is 0. The molecule has 0 fully saturated rings. The number of benzene rings is 2. The zero-order valence-electron chi connectivity index (χ0n) is 9.97. The van der Waals surface area contributed by atoms with E-state index in [9.17, 15) is 0 Å². The molecule has 0 bridgehead atoms. The van der Waals surface area contributed by atoms with Crippen LogP contribution in [0.3, 0.4) is 0 Å². The Labute approximate surface area is 109 Å². The summed E-state index contributed by atoms with van der Waals surface area (Å²) >= 11 is 0. The third-order valence-electron chi connectivity index (χ3n) is 2.75. The number of halogens is 1. The molecule has 2 aromatic rings. The minimum atomic E-state index is 0. The third-order valence-corrected chi connectivity index (χ3v) is 2.75. The molecule has 2 rings (SSSR count). The van der Waals surface area contributed by atoms with Crippen molar-refractivity contribution in [3.05, 3.63) is 71.8 Å². The minimum Gasteiger partial charge on any atom is -0.306 e. The van der Waals surface area contributed by atoms with Crippen LogP contribution in [0, 0.1) is 0 Å². The summed E-state index contributed by atoms with van der Waals surface area (Å²) in [6.07, 6.45) is 0. The zero-order chi connectivity index (χ0) is 11.2. The van der Waals surface area contributed by atoms with E-state index in [-0.39, 0.29) is 12.4 Å². The number of hydrogen-bond donors (Lipinski definition) is 1. The highest BCUT2D eigenvalue weighted by Gasteiger charge is 2.02. The van der Waals surface area contributed by atoms with Crippen molar-refractivity contribution in [2.75, 3.05) is 0 Å². The molecule has 1 N–H and O–H groups in total. The third kappa shape index (κ3) is 4.22. The SMILES string of the molecule is C[C@H](NCc1ccccc1)c1ccccc1.Cl. The zero-order valence-corrected chi connectivity index (χ0v) is 10.8. The Bertz CT molecular complexity index is 413. The number of rotatable bonds is 4. The normalized spacial score (nSPS) is 11.6. The van der Waals surface area contributed by atoms with E-state index in [0.717, 1.165) is 6.54 Å². The van der Waals surface area contributed by atoms with Gasteiger partial charge in [-0.1, -0.05) is 60.7 Å². The largest absolute Gasteiger partial charge is 0.306 e. The van der Waals surface area contributed by atoms with Gasteiger partial charge in [0.2, 0.25) is 0 Å². The van der Waals surface area contributed by atoms with Crippen molar-refractivity contribution >= 4 is 12.4 Å². The standard InChI is InChI=1S/C15H17N.ClH/c1-13(15-10-6-3-7-11-15)16-12-14-8-4-2-5-9-14;/h2-11,13,16H,12H2,1H3;1H/t13-;/m0./s1. The smallest absolute Gasteiger partial charge is 0.0294 e. The Balaban J connectivity index is 0.00000144. The van der Waals surface area contributed by atoms with Gasteiger partial charge >= 0.3 is 0 Å². The molecule has 0 aromatic heterocycles. The van der Waals surface area contributed by atoms with Crippen LogP contribution in [0.15, 0.2) is 60.7 Å². The van der Waals surface area contributed by atoms with Crippen molar-refractivity contribution in [1.29, 1.82) is 0 Å². The summed E-state index contributed by atoms with van der Waals surface area (Å²) in [7, 11) is 0. The molecule has 0 aliphatic carbocycles. The van der Waals surface area contributed by atoms with E-state index >= 15 is 0 Å². The number of hydrogen-bond acceptors (Lipinski definition) is 1. The fraction of sp³-hybridized carbons (Fsp3) is 0.200. The lowest BCUT2D eigenvalue weighted by Gasteiger charge is -2.14. The van der Waals surface area contributed by atoms with Crippen molar-refractivity contribution in [3.8, 4) is 0 Å². The van der Waals surface area contributed by atoms with Gasteiger partial charge < -0.3 is 5.32 Å². The molecule has 2 heteroatoms. The Hall–Kier alpha value is -1.31. The Morgan fingerprint density at radius 3 is 2.00 bits per heavy atom. The van der Waals surface area contributed by atoms with Gasteiger partial charge in [0.1, 0.15) is 0 Å². The van der Waals surface area contributed by atoms with Crippen LogP contribution in [-0.2, 0) is 6.54 Å². The summed E-state index contributed by atoms with van der Waals surface area (Å²) < 4.78 is 0. The first-order valence-corrected chi connectivity index (χ1v) is 5.68. The predicted molar refractivity (Wildman–Crippen MR) is 75.4 cm³/mol. The van der Waals surface area contributed by atoms with Crippen LogP contribution >= 0.6 is 12.4 Å². The second-order valence-electron chi connectivity index (χ2n) is 4.00. The molecule has 0 unspecified atom stereocenters. The van der Waals surface area contributed by atoms with E-state index in [1.807, 2.05) is 12.1 Å².